The molecule has 44 heavy (non-hydrogen) atoms. The molecule has 16 heteroatoms. The van der Waals surface area contributed by atoms with Crippen LogP contribution in [0.25, 0.3) is 17.0 Å². The Kier molecular flexibility index (Phi) is 7.22. The van der Waals surface area contributed by atoms with Gasteiger partial charge >= 0.3 is 6.18 Å². The smallest absolute Gasteiger partial charge is 0.434 e. The SMILES string of the molecule is [B]C(O)(O)n1cc(C(F)(F)F)nc1-c1ccc2c(c1)OCC(C)OC1N=CNC(C3CC3)=C1c1ncc(OC)c(n1)C2(C)O. The molecule has 3 aromatic rings. The van der Waals surface area contributed by atoms with Crippen LogP contribution in [0.3, 0.4) is 0 Å². The maximum absolute atomic E-state index is 13.5. The highest BCUT2D eigenvalue weighted by molar-refractivity contribution is 6.11. The van der Waals surface area contributed by atoms with Crippen LogP contribution >= 0.6 is 0 Å². The van der Waals surface area contributed by atoms with Crippen molar-refractivity contribution >= 4 is 19.8 Å². The highest BCUT2D eigenvalue weighted by atomic mass is 19.4. The van der Waals surface area contributed by atoms with Gasteiger partial charge in [-0.2, -0.15) is 13.2 Å². The van der Waals surface area contributed by atoms with Crippen LogP contribution in [0, 0.1) is 5.92 Å². The van der Waals surface area contributed by atoms with Gasteiger partial charge in [-0.15, -0.1) is 0 Å². The zero-order valence-corrected chi connectivity index (χ0v) is 23.8. The van der Waals surface area contributed by atoms with Gasteiger partial charge in [0.05, 0.1) is 31.3 Å². The van der Waals surface area contributed by atoms with E-state index in [-0.39, 0.29) is 46.7 Å². The second kappa shape index (κ2) is 10.6. The molecular weight excluding hydrogens is 584 g/mol. The number of alkyl halides is 3. The fourth-order valence-corrected chi connectivity index (χ4v) is 5.25. The third kappa shape index (κ3) is 5.42. The zero-order valence-electron chi connectivity index (χ0n) is 23.8. The van der Waals surface area contributed by atoms with Crippen molar-refractivity contribution < 1.29 is 42.7 Å². The predicted molar refractivity (Wildman–Crippen MR) is 149 cm³/mol. The van der Waals surface area contributed by atoms with Crippen molar-refractivity contribution in [2.24, 2.45) is 10.9 Å². The van der Waals surface area contributed by atoms with Gasteiger partial charge in [-0.3, -0.25) is 4.57 Å². The molecule has 1 saturated carbocycles. The van der Waals surface area contributed by atoms with Crippen LogP contribution in [0.4, 0.5) is 13.2 Å². The number of halogens is 3. The van der Waals surface area contributed by atoms with Crippen LogP contribution in [0.5, 0.6) is 11.5 Å². The first-order valence-electron chi connectivity index (χ1n) is 13.7. The van der Waals surface area contributed by atoms with Crippen LogP contribution in [0.15, 0.2) is 41.3 Å². The lowest BCUT2D eigenvalue weighted by Crippen LogP contribution is -2.34. The minimum Gasteiger partial charge on any atom is -0.493 e. The zero-order chi connectivity index (χ0) is 31.6. The molecule has 3 unspecified atom stereocenters. The first-order chi connectivity index (χ1) is 20.7. The second-order valence-corrected chi connectivity index (χ2v) is 11.0. The predicted octanol–water partition coefficient (Wildman–Crippen LogP) is 2.22. The third-order valence-corrected chi connectivity index (χ3v) is 7.58. The van der Waals surface area contributed by atoms with Crippen LogP contribution in [0.2, 0.25) is 0 Å². The lowest BCUT2D eigenvalue weighted by atomic mass is 9.89. The molecule has 4 N–H and O–H groups in total. The molecule has 2 aromatic heterocycles. The quantitative estimate of drug-likeness (QED) is 0.255. The van der Waals surface area contributed by atoms with Crippen molar-refractivity contribution in [2.75, 3.05) is 13.7 Å². The molecule has 0 amide bonds. The number of rotatable bonds is 4. The Morgan fingerprint density at radius 2 is 1.95 bits per heavy atom. The van der Waals surface area contributed by atoms with Crippen LogP contribution < -0.4 is 14.8 Å². The Labute approximate surface area is 250 Å². The number of nitrogens with zero attached hydrogens (tertiary/aromatic N) is 5. The van der Waals surface area contributed by atoms with Gasteiger partial charge in [0.25, 0.3) is 0 Å². The summed E-state index contributed by atoms with van der Waals surface area (Å²) in [4.78, 5) is 17.3. The van der Waals surface area contributed by atoms with Crippen LogP contribution in [0.1, 0.15) is 49.5 Å². The molecule has 6 rings (SSSR count). The van der Waals surface area contributed by atoms with E-state index < -0.39 is 41.4 Å². The summed E-state index contributed by atoms with van der Waals surface area (Å²) in [5.41, 5.74) is -1.55. The van der Waals surface area contributed by atoms with E-state index in [2.05, 4.69) is 20.3 Å². The maximum Gasteiger partial charge on any atom is 0.434 e. The topological polar surface area (TPSA) is 156 Å². The van der Waals surface area contributed by atoms with Gasteiger partial charge in [0.15, 0.2) is 37.2 Å². The van der Waals surface area contributed by atoms with Gasteiger partial charge < -0.3 is 34.8 Å². The van der Waals surface area contributed by atoms with E-state index in [0.717, 1.165) is 18.5 Å². The number of aliphatic imine (C=N–C) groups is 1. The molecule has 1 fully saturated rings. The highest BCUT2D eigenvalue weighted by Gasteiger charge is 2.41. The number of aliphatic hydroxyl groups is 3. The summed E-state index contributed by atoms with van der Waals surface area (Å²) < 4.78 is 58.8. The lowest BCUT2D eigenvalue weighted by molar-refractivity contribution is -0.153. The molecule has 1 aromatic carbocycles. The van der Waals surface area contributed by atoms with E-state index in [1.165, 1.54) is 38.4 Å². The summed E-state index contributed by atoms with van der Waals surface area (Å²) in [6, 6.07) is 4.05. The molecule has 4 heterocycles. The van der Waals surface area contributed by atoms with Crippen molar-refractivity contribution in [3.8, 4) is 22.9 Å². The summed E-state index contributed by atoms with van der Waals surface area (Å²) in [7, 11) is 6.75. The Balaban J connectivity index is 1.54. The van der Waals surface area contributed by atoms with Gasteiger partial charge in [0.1, 0.15) is 29.5 Å². The Morgan fingerprint density at radius 1 is 1.20 bits per heavy atom. The maximum atomic E-state index is 13.5. The molecule has 0 spiro atoms. The van der Waals surface area contributed by atoms with Crippen molar-refractivity contribution in [3.05, 3.63) is 59.1 Å². The van der Waals surface area contributed by atoms with E-state index >= 15 is 0 Å². The van der Waals surface area contributed by atoms with Crippen molar-refractivity contribution in [3.63, 3.8) is 0 Å². The number of ether oxygens (including phenoxy) is 3. The summed E-state index contributed by atoms with van der Waals surface area (Å²) >= 11 is 0. The minimum absolute atomic E-state index is 0.0220. The number of nitrogens with one attached hydrogen (secondary N) is 1. The number of allylic oxidation sites excluding steroid dienone is 1. The van der Waals surface area contributed by atoms with E-state index in [1.54, 1.807) is 13.3 Å². The van der Waals surface area contributed by atoms with Gasteiger partial charge in [0.2, 0.25) is 0 Å². The average Bonchev–Trinajstić information content (AvgIpc) is 3.69. The largest absolute Gasteiger partial charge is 0.493 e. The molecule has 0 saturated heterocycles. The average molecular weight is 612 g/mol. The molecule has 3 aliphatic rings. The van der Waals surface area contributed by atoms with Crippen molar-refractivity contribution in [1.29, 1.82) is 0 Å². The number of hydrogen-bond acceptors (Lipinski definition) is 11. The van der Waals surface area contributed by atoms with Crippen LogP contribution in [-0.4, -0.2) is 75.1 Å². The number of aromatic nitrogens is 4. The monoisotopic (exact) mass is 612 g/mol. The lowest BCUT2D eigenvalue weighted by Gasteiger charge is -2.31. The van der Waals surface area contributed by atoms with E-state index in [1.807, 2.05) is 0 Å². The van der Waals surface area contributed by atoms with Gasteiger partial charge in [-0.1, -0.05) is 12.1 Å². The fourth-order valence-electron chi connectivity index (χ4n) is 5.25. The van der Waals surface area contributed by atoms with Gasteiger partial charge in [0, 0.05) is 23.0 Å². The molecule has 2 bridgehead atoms. The van der Waals surface area contributed by atoms with E-state index in [0.29, 0.717) is 16.3 Å². The first-order valence-corrected chi connectivity index (χ1v) is 13.7. The Bertz CT molecular complexity index is 1660. The minimum atomic E-state index is -4.90. The highest BCUT2D eigenvalue weighted by Crippen LogP contribution is 2.44. The number of fused-ring (bicyclic) bond motifs is 5. The normalized spacial score (nSPS) is 23.9. The van der Waals surface area contributed by atoms with Crippen LogP contribution in [-0.2, 0) is 22.3 Å². The Hall–Kier alpha value is -3.99. The number of benzene rings is 1. The first kappa shape index (κ1) is 30.1. The standard InChI is InChI=1S/C28H28BF3N6O6/c1-13-11-43-17-8-15(24-36-19(27(30,31)32)10-38(24)28(29,40)41)6-7-16(17)26(2,39)22-18(42-3)9-33-23(37-22)20-21(14-4-5-14)34-12-35-25(20)44-13/h6-10,12-14,25,39-41H,4-5,11H2,1-3H3,(H,34,35). The number of imidazole rings is 1. The molecule has 1 aliphatic carbocycles. The summed E-state index contributed by atoms with van der Waals surface area (Å²) in [5.74, 6) is -3.00. The molecule has 230 valence electrons. The number of hydrogen-bond donors (Lipinski definition) is 4. The fraction of sp³-hybridized carbons (Fsp3) is 0.429. The molecule has 3 atom stereocenters. The van der Waals surface area contributed by atoms with E-state index in [9.17, 15) is 28.5 Å². The van der Waals surface area contributed by atoms with Crippen molar-refractivity contribution in [1.82, 2.24) is 24.8 Å². The van der Waals surface area contributed by atoms with E-state index in [4.69, 9.17) is 27.0 Å². The summed E-state index contributed by atoms with van der Waals surface area (Å²) in [6.07, 6.45) is -0.946. The number of methoxy groups -OCH3 is 1. The molecule has 2 aliphatic heterocycles. The summed E-state index contributed by atoms with van der Waals surface area (Å²) in [6.45, 7) is 3.16. The third-order valence-electron chi connectivity index (χ3n) is 7.58. The van der Waals surface area contributed by atoms with Gasteiger partial charge in [-0.25, -0.2) is 19.9 Å². The van der Waals surface area contributed by atoms with Crippen molar-refractivity contribution in [2.45, 2.75) is 56.6 Å². The second-order valence-electron chi connectivity index (χ2n) is 11.0. The van der Waals surface area contributed by atoms with Gasteiger partial charge in [-0.05, 0) is 38.7 Å². The summed E-state index contributed by atoms with van der Waals surface area (Å²) in [5, 5.41) is 35.3. The Morgan fingerprint density at radius 3 is 2.61 bits per heavy atom. The molecular formula is C28H28BF3N6O6. The molecule has 2 radical (unpaired) electrons. The molecule has 12 nitrogen and oxygen atoms in total.